The summed E-state index contributed by atoms with van der Waals surface area (Å²) in [5, 5.41) is 20.7. The summed E-state index contributed by atoms with van der Waals surface area (Å²) in [7, 11) is 0. The van der Waals surface area contributed by atoms with E-state index in [-0.39, 0.29) is 17.5 Å². The van der Waals surface area contributed by atoms with Crippen molar-refractivity contribution in [1.29, 1.82) is 0 Å². The summed E-state index contributed by atoms with van der Waals surface area (Å²) < 4.78 is 0. The number of carbonyl (C=O) groups excluding carboxylic acids is 1. The smallest absolute Gasteiger partial charge is 0.317 e. The third-order valence-corrected chi connectivity index (χ3v) is 4.35. The summed E-state index contributed by atoms with van der Waals surface area (Å²) in [6.07, 6.45) is -0.0490. The van der Waals surface area contributed by atoms with Gasteiger partial charge in [-0.15, -0.1) is 16.4 Å². The monoisotopic (exact) mass is 297 g/mol. The maximum atomic E-state index is 11.3. The predicted octanol–water partition coefficient (Wildman–Crippen LogP) is 1.53. The summed E-state index contributed by atoms with van der Waals surface area (Å²) in [5.41, 5.74) is 0.717. The Morgan fingerprint density at radius 2 is 2.37 bits per heavy atom. The van der Waals surface area contributed by atoms with E-state index in [1.165, 1.54) is 11.3 Å². The van der Waals surface area contributed by atoms with E-state index in [9.17, 15) is 9.59 Å². The molecule has 0 aromatic carbocycles. The Kier molecular flexibility index (Phi) is 4.33. The standard InChI is InChI=1S/C11H11N3O3S2/c1-6(7-3-2-4-18-7)13-14-11-12-9(15)5-8(19-11)10(16)17/h2-4,8H,5H2,1H3,(H,16,17)(H,12,14,15)/b13-6+/t8-/m1/s1. The molecule has 100 valence electrons. The lowest BCUT2D eigenvalue weighted by atomic mass is 10.3. The van der Waals surface area contributed by atoms with E-state index in [2.05, 4.69) is 15.5 Å². The van der Waals surface area contributed by atoms with Gasteiger partial charge in [0.2, 0.25) is 5.91 Å². The van der Waals surface area contributed by atoms with E-state index in [0.717, 1.165) is 22.4 Å². The lowest BCUT2D eigenvalue weighted by Crippen LogP contribution is -2.40. The molecule has 0 aliphatic carbocycles. The largest absolute Gasteiger partial charge is 0.480 e. The lowest BCUT2D eigenvalue weighted by molar-refractivity contribution is -0.138. The number of thioether (sulfide) groups is 1. The van der Waals surface area contributed by atoms with Crippen molar-refractivity contribution < 1.29 is 14.7 Å². The zero-order valence-electron chi connectivity index (χ0n) is 9.99. The molecule has 1 amide bonds. The Labute approximate surface area is 117 Å². The first-order chi connectivity index (χ1) is 9.06. The highest BCUT2D eigenvalue weighted by atomic mass is 32.2. The molecule has 8 heteroatoms. The molecule has 0 saturated carbocycles. The minimum atomic E-state index is -1.02. The van der Waals surface area contributed by atoms with Crippen molar-refractivity contribution in [3.8, 4) is 0 Å². The molecule has 1 aromatic rings. The fourth-order valence-corrected chi connectivity index (χ4v) is 2.92. The second-order valence-corrected chi connectivity index (χ2v) is 5.90. The predicted molar refractivity (Wildman–Crippen MR) is 75.7 cm³/mol. The van der Waals surface area contributed by atoms with Crippen LogP contribution in [0.2, 0.25) is 0 Å². The van der Waals surface area contributed by atoms with Crippen molar-refractivity contribution in [2.24, 2.45) is 10.2 Å². The van der Waals surface area contributed by atoms with Gasteiger partial charge in [0, 0.05) is 6.42 Å². The van der Waals surface area contributed by atoms with Crippen LogP contribution in [-0.2, 0) is 9.59 Å². The van der Waals surface area contributed by atoms with Crippen molar-refractivity contribution in [2.75, 3.05) is 0 Å². The molecule has 1 fully saturated rings. The zero-order chi connectivity index (χ0) is 13.8. The van der Waals surface area contributed by atoms with Crippen LogP contribution in [-0.4, -0.2) is 33.1 Å². The molecule has 0 radical (unpaired) electrons. The minimum Gasteiger partial charge on any atom is -0.480 e. The molecular formula is C11H11N3O3S2. The van der Waals surface area contributed by atoms with E-state index < -0.39 is 11.2 Å². The summed E-state index contributed by atoms with van der Waals surface area (Å²) in [6.45, 7) is 1.81. The summed E-state index contributed by atoms with van der Waals surface area (Å²) in [4.78, 5) is 23.2. The van der Waals surface area contributed by atoms with Gasteiger partial charge in [-0.05, 0) is 18.4 Å². The SMILES string of the molecule is C/C(=N\N=C1\NC(=O)C[C@H](C(=O)O)S1)c1cccs1. The molecule has 6 nitrogen and oxygen atoms in total. The van der Waals surface area contributed by atoms with Crippen molar-refractivity contribution in [3.05, 3.63) is 22.4 Å². The van der Waals surface area contributed by atoms with Gasteiger partial charge in [-0.25, -0.2) is 0 Å². The molecule has 1 aromatic heterocycles. The highest BCUT2D eigenvalue weighted by Crippen LogP contribution is 2.21. The summed E-state index contributed by atoms with van der Waals surface area (Å²) in [6, 6.07) is 3.82. The van der Waals surface area contributed by atoms with E-state index in [1.807, 2.05) is 17.5 Å². The quantitative estimate of drug-likeness (QED) is 0.654. The van der Waals surface area contributed by atoms with Crippen LogP contribution in [0.1, 0.15) is 18.2 Å². The van der Waals surface area contributed by atoms with Crippen LogP contribution in [0.3, 0.4) is 0 Å². The Morgan fingerprint density at radius 1 is 1.58 bits per heavy atom. The maximum Gasteiger partial charge on any atom is 0.317 e. The number of aliphatic carboxylic acids is 1. The van der Waals surface area contributed by atoms with Gasteiger partial charge in [0.25, 0.3) is 0 Å². The molecule has 1 aliphatic heterocycles. The Balaban J connectivity index is 2.12. The number of amidine groups is 1. The number of nitrogens with one attached hydrogen (secondary N) is 1. The molecule has 0 bridgehead atoms. The normalized spacial score (nSPS) is 22.4. The van der Waals surface area contributed by atoms with Crippen LogP contribution in [0.25, 0.3) is 0 Å². The van der Waals surface area contributed by atoms with Gasteiger partial charge >= 0.3 is 5.97 Å². The second-order valence-electron chi connectivity index (χ2n) is 3.76. The van der Waals surface area contributed by atoms with E-state index in [4.69, 9.17) is 5.11 Å². The Bertz CT molecular complexity index is 552. The summed E-state index contributed by atoms with van der Waals surface area (Å²) in [5.74, 6) is -1.37. The van der Waals surface area contributed by atoms with Crippen molar-refractivity contribution in [2.45, 2.75) is 18.6 Å². The molecule has 1 atom stereocenters. The first kappa shape index (κ1) is 13.8. The molecule has 2 N–H and O–H groups in total. The topological polar surface area (TPSA) is 91.1 Å². The van der Waals surface area contributed by atoms with Crippen molar-refractivity contribution >= 4 is 45.9 Å². The minimum absolute atomic E-state index is 0.0490. The number of carbonyl (C=O) groups is 2. The van der Waals surface area contributed by atoms with Crippen molar-refractivity contribution in [3.63, 3.8) is 0 Å². The van der Waals surface area contributed by atoms with Gasteiger partial charge in [-0.2, -0.15) is 5.10 Å². The molecule has 1 aliphatic rings. The third-order valence-electron chi connectivity index (χ3n) is 2.32. The van der Waals surface area contributed by atoms with Crippen molar-refractivity contribution in [1.82, 2.24) is 5.32 Å². The molecular weight excluding hydrogens is 286 g/mol. The van der Waals surface area contributed by atoms with E-state index in [1.54, 1.807) is 6.92 Å². The average molecular weight is 297 g/mol. The van der Waals surface area contributed by atoms with Gasteiger partial charge in [0.15, 0.2) is 5.17 Å². The highest BCUT2D eigenvalue weighted by Gasteiger charge is 2.29. The van der Waals surface area contributed by atoms with Gasteiger partial charge in [-0.1, -0.05) is 17.8 Å². The Hall–Kier alpha value is -1.67. The number of thiophene rings is 1. The van der Waals surface area contributed by atoms with Gasteiger partial charge < -0.3 is 10.4 Å². The van der Waals surface area contributed by atoms with Crippen LogP contribution in [0.5, 0.6) is 0 Å². The van der Waals surface area contributed by atoms with Crippen LogP contribution < -0.4 is 5.32 Å². The fraction of sp³-hybridized carbons (Fsp3) is 0.273. The molecule has 19 heavy (non-hydrogen) atoms. The van der Waals surface area contributed by atoms with Crippen LogP contribution in [0.4, 0.5) is 0 Å². The number of rotatable bonds is 3. The first-order valence-corrected chi connectivity index (χ1v) is 7.17. The van der Waals surface area contributed by atoms with Crippen LogP contribution in [0, 0.1) is 0 Å². The molecule has 0 unspecified atom stereocenters. The highest BCUT2D eigenvalue weighted by molar-refractivity contribution is 8.15. The first-order valence-electron chi connectivity index (χ1n) is 5.41. The fourth-order valence-electron chi connectivity index (χ4n) is 1.38. The zero-order valence-corrected chi connectivity index (χ0v) is 11.6. The second kappa shape index (κ2) is 5.98. The Morgan fingerprint density at radius 3 is 3.00 bits per heavy atom. The third kappa shape index (κ3) is 3.65. The number of carboxylic acids is 1. The summed E-state index contributed by atoms with van der Waals surface area (Å²) >= 11 is 2.53. The number of hydrogen-bond acceptors (Lipinski definition) is 6. The van der Waals surface area contributed by atoms with E-state index in [0.29, 0.717) is 0 Å². The van der Waals surface area contributed by atoms with E-state index >= 15 is 0 Å². The number of carboxylic acid groups (broad SMARTS) is 1. The van der Waals surface area contributed by atoms with Crippen LogP contribution >= 0.6 is 23.1 Å². The number of nitrogens with zero attached hydrogens (tertiary/aromatic N) is 2. The van der Waals surface area contributed by atoms with Crippen LogP contribution in [0.15, 0.2) is 27.7 Å². The van der Waals surface area contributed by atoms with Gasteiger partial charge in [-0.3, -0.25) is 9.59 Å². The van der Waals surface area contributed by atoms with Gasteiger partial charge in [0.1, 0.15) is 5.25 Å². The number of amides is 1. The molecule has 1 saturated heterocycles. The lowest BCUT2D eigenvalue weighted by Gasteiger charge is -2.18. The molecule has 2 heterocycles. The maximum absolute atomic E-state index is 11.3. The van der Waals surface area contributed by atoms with Gasteiger partial charge in [0.05, 0.1) is 10.6 Å². The average Bonchev–Trinajstić information content (AvgIpc) is 2.89. The number of hydrogen-bond donors (Lipinski definition) is 2. The molecule has 2 rings (SSSR count). The molecule has 0 spiro atoms.